The molecule has 3 heterocycles. The standard InChI is InChI=1S/C18H15F5N6O4S/c19-15(20)11(7-24)9-27-17(32)29(26-25-27)14-6-4-12(34-14)3-1-10-2-5-13(30)28(8-10)33-16(31)18(21,22)23/h2,4-6,8H,1,3,7,9,24H2. The van der Waals surface area contributed by atoms with Gasteiger partial charge in [0.2, 0.25) is 0 Å². The molecule has 3 rings (SSSR count). The minimum atomic E-state index is -5.26. The summed E-state index contributed by atoms with van der Waals surface area (Å²) in [4.78, 5) is 39.8. The molecule has 10 nitrogen and oxygen atoms in total. The number of nitrogens with two attached hydrogens (primary N) is 1. The molecule has 0 bridgehead atoms. The number of aromatic nitrogens is 5. The molecule has 3 aromatic rings. The molecule has 182 valence electrons. The van der Waals surface area contributed by atoms with Crippen LogP contribution in [0.15, 0.2) is 51.7 Å². The molecule has 0 spiro atoms. The number of rotatable bonds is 8. The molecule has 34 heavy (non-hydrogen) atoms. The van der Waals surface area contributed by atoms with Gasteiger partial charge in [0, 0.05) is 23.1 Å². The number of nitrogens with zero attached hydrogens (tertiary/aromatic N) is 5. The summed E-state index contributed by atoms with van der Waals surface area (Å²) in [5, 5.41) is 7.60. The summed E-state index contributed by atoms with van der Waals surface area (Å²) in [5.41, 5.74) is 3.48. The summed E-state index contributed by atoms with van der Waals surface area (Å²) >= 11 is 1.14. The molecule has 0 radical (unpaired) electrons. The quantitative estimate of drug-likeness (QED) is 0.453. The fourth-order valence-electron chi connectivity index (χ4n) is 2.65. The van der Waals surface area contributed by atoms with Crippen molar-refractivity contribution in [2.75, 3.05) is 6.54 Å². The van der Waals surface area contributed by atoms with Crippen LogP contribution < -0.4 is 21.8 Å². The number of carbonyl (C=O) groups is 1. The van der Waals surface area contributed by atoms with Crippen LogP contribution in [0.5, 0.6) is 0 Å². The highest BCUT2D eigenvalue weighted by Gasteiger charge is 2.42. The predicted octanol–water partition coefficient (Wildman–Crippen LogP) is 1.06. The van der Waals surface area contributed by atoms with Crippen LogP contribution in [0.4, 0.5) is 22.0 Å². The Labute approximate surface area is 190 Å². The predicted molar refractivity (Wildman–Crippen MR) is 108 cm³/mol. The maximum absolute atomic E-state index is 12.8. The summed E-state index contributed by atoms with van der Waals surface area (Å²) in [6.07, 6.45) is -5.67. The van der Waals surface area contributed by atoms with Gasteiger partial charge in [-0.3, -0.25) is 4.79 Å². The number of tetrazole rings is 1. The van der Waals surface area contributed by atoms with Crippen molar-refractivity contribution in [3.63, 3.8) is 0 Å². The van der Waals surface area contributed by atoms with E-state index in [1.54, 1.807) is 12.1 Å². The van der Waals surface area contributed by atoms with Crippen molar-refractivity contribution >= 4 is 17.3 Å². The average molecular weight is 506 g/mol. The van der Waals surface area contributed by atoms with E-state index in [1.807, 2.05) is 0 Å². The van der Waals surface area contributed by atoms with Crippen LogP contribution in [-0.2, 0) is 24.2 Å². The fourth-order valence-corrected chi connectivity index (χ4v) is 3.59. The van der Waals surface area contributed by atoms with Crippen molar-refractivity contribution < 1.29 is 31.6 Å². The summed E-state index contributed by atoms with van der Waals surface area (Å²) in [6, 6.07) is 5.55. The van der Waals surface area contributed by atoms with Gasteiger partial charge in [-0.15, -0.1) is 16.1 Å². The van der Waals surface area contributed by atoms with Crippen molar-refractivity contribution in [2.45, 2.75) is 25.6 Å². The third kappa shape index (κ3) is 5.82. The lowest BCUT2D eigenvalue weighted by Gasteiger charge is -2.09. The largest absolute Gasteiger partial charge is 0.493 e. The summed E-state index contributed by atoms with van der Waals surface area (Å²) < 4.78 is 64.5. The molecule has 0 aromatic carbocycles. The molecule has 16 heteroatoms. The molecule has 0 aliphatic rings. The van der Waals surface area contributed by atoms with Crippen LogP contribution in [0.25, 0.3) is 5.00 Å². The number of hydrogen-bond donors (Lipinski definition) is 1. The van der Waals surface area contributed by atoms with Crippen LogP contribution in [0, 0.1) is 0 Å². The minimum absolute atomic E-state index is 0.202. The topological polar surface area (TPSA) is 127 Å². The lowest BCUT2D eigenvalue weighted by molar-refractivity contribution is -0.200. The number of pyridine rings is 1. The molecule has 0 aliphatic heterocycles. The van der Waals surface area contributed by atoms with Gasteiger partial charge in [0.1, 0.15) is 5.00 Å². The molecular formula is C18H15F5N6O4S. The second-order valence-corrected chi connectivity index (χ2v) is 7.86. The highest BCUT2D eigenvalue weighted by atomic mass is 32.1. The molecule has 0 amide bonds. The Morgan fingerprint density at radius 3 is 2.47 bits per heavy atom. The second-order valence-electron chi connectivity index (χ2n) is 6.72. The lowest BCUT2D eigenvalue weighted by Crippen LogP contribution is -2.38. The zero-order valence-corrected chi connectivity index (χ0v) is 17.8. The van der Waals surface area contributed by atoms with E-state index in [1.165, 1.54) is 6.07 Å². The van der Waals surface area contributed by atoms with E-state index in [0.29, 0.717) is 17.0 Å². The van der Waals surface area contributed by atoms with E-state index < -0.39 is 48.1 Å². The first-order valence-corrected chi connectivity index (χ1v) is 10.2. The van der Waals surface area contributed by atoms with E-state index in [0.717, 1.165) is 37.8 Å². The van der Waals surface area contributed by atoms with Crippen LogP contribution in [0.3, 0.4) is 0 Å². The van der Waals surface area contributed by atoms with Crippen molar-refractivity contribution in [2.24, 2.45) is 5.73 Å². The van der Waals surface area contributed by atoms with Gasteiger partial charge in [-0.25, -0.2) is 9.59 Å². The molecule has 0 atom stereocenters. The maximum Gasteiger partial charge on any atom is 0.493 e. The van der Waals surface area contributed by atoms with E-state index in [4.69, 9.17) is 5.73 Å². The monoisotopic (exact) mass is 506 g/mol. The van der Waals surface area contributed by atoms with Crippen LogP contribution in [-0.4, -0.2) is 43.2 Å². The first-order valence-electron chi connectivity index (χ1n) is 9.35. The summed E-state index contributed by atoms with van der Waals surface area (Å²) in [6.45, 7) is -0.960. The molecule has 0 saturated carbocycles. The van der Waals surface area contributed by atoms with Gasteiger partial charge in [0.25, 0.3) is 11.6 Å². The third-order valence-corrected chi connectivity index (χ3v) is 5.48. The van der Waals surface area contributed by atoms with Gasteiger partial charge in [-0.1, -0.05) is 6.07 Å². The summed E-state index contributed by atoms with van der Waals surface area (Å²) in [7, 11) is 0. The molecule has 0 aliphatic carbocycles. The Hall–Kier alpha value is -3.66. The fraction of sp³-hybridized carbons (Fsp3) is 0.278. The van der Waals surface area contributed by atoms with Crippen molar-refractivity contribution in [3.8, 4) is 5.00 Å². The Balaban J connectivity index is 1.70. The Kier molecular flexibility index (Phi) is 7.41. The number of aryl methyl sites for hydroxylation is 2. The van der Waals surface area contributed by atoms with Crippen molar-refractivity contribution in [1.29, 1.82) is 0 Å². The lowest BCUT2D eigenvalue weighted by atomic mass is 10.1. The molecule has 0 saturated heterocycles. The Morgan fingerprint density at radius 1 is 1.09 bits per heavy atom. The zero-order valence-electron chi connectivity index (χ0n) is 17.0. The zero-order chi connectivity index (χ0) is 25.0. The Bertz CT molecular complexity index is 1340. The first-order chi connectivity index (χ1) is 16.0. The van der Waals surface area contributed by atoms with E-state index in [-0.39, 0.29) is 11.2 Å². The van der Waals surface area contributed by atoms with Gasteiger partial charge < -0.3 is 10.6 Å². The van der Waals surface area contributed by atoms with Gasteiger partial charge in [0.15, 0.2) is 0 Å². The van der Waals surface area contributed by atoms with E-state index in [2.05, 4.69) is 15.3 Å². The number of alkyl halides is 3. The maximum atomic E-state index is 12.8. The Morgan fingerprint density at radius 2 is 1.82 bits per heavy atom. The van der Waals surface area contributed by atoms with Crippen molar-refractivity contribution in [3.05, 3.63) is 73.4 Å². The van der Waals surface area contributed by atoms with Gasteiger partial charge >= 0.3 is 17.8 Å². The number of halogens is 5. The summed E-state index contributed by atoms with van der Waals surface area (Å²) in [5.74, 6) is -2.53. The number of carbonyl (C=O) groups excluding carboxylic acids is 1. The second kappa shape index (κ2) is 10.1. The highest BCUT2D eigenvalue weighted by molar-refractivity contribution is 7.14. The van der Waals surface area contributed by atoms with Gasteiger partial charge in [-0.2, -0.15) is 31.3 Å². The van der Waals surface area contributed by atoms with E-state index in [9.17, 15) is 36.3 Å². The average Bonchev–Trinajstić information content (AvgIpc) is 3.38. The number of thiophene rings is 1. The van der Waals surface area contributed by atoms with Gasteiger partial charge in [0.05, 0.1) is 12.7 Å². The molecule has 0 unspecified atom stereocenters. The van der Waals surface area contributed by atoms with Crippen LogP contribution >= 0.6 is 11.3 Å². The molecular weight excluding hydrogens is 491 g/mol. The molecule has 0 fully saturated rings. The minimum Gasteiger partial charge on any atom is -0.327 e. The normalized spacial score (nSPS) is 11.5. The van der Waals surface area contributed by atoms with E-state index >= 15 is 0 Å². The number of hydrogen-bond acceptors (Lipinski definition) is 8. The molecule has 3 aromatic heterocycles. The van der Waals surface area contributed by atoms with Gasteiger partial charge in [-0.05, 0) is 41.0 Å². The smallest absolute Gasteiger partial charge is 0.327 e. The van der Waals surface area contributed by atoms with Crippen LogP contribution in [0.1, 0.15) is 10.4 Å². The van der Waals surface area contributed by atoms with Crippen LogP contribution in [0.2, 0.25) is 0 Å². The first kappa shape index (κ1) is 25.0. The SMILES string of the molecule is NCC(Cn1nnn(-c2ccc(CCc3ccc(=O)n(OC(=O)C(F)(F)F)c3)s2)c1=O)=C(F)F. The van der Waals surface area contributed by atoms with Crippen molar-refractivity contribution in [1.82, 2.24) is 24.5 Å². The highest BCUT2D eigenvalue weighted by Crippen LogP contribution is 2.21. The molecule has 2 N–H and O–H groups in total. The third-order valence-electron chi connectivity index (χ3n) is 4.36.